The first-order chi connectivity index (χ1) is 15.5. The number of carbonyl (C=O) groups excluding carboxylic acids is 2. The predicted octanol–water partition coefficient (Wildman–Crippen LogP) is 4.21. The number of nitrogens with one attached hydrogen (secondary N) is 1. The molecule has 0 aliphatic heterocycles. The quantitative estimate of drug-likeness (QED) is 0.325. The van der Waals surface area contributed by atoms with E-state index in [1.165, 1.54) is 16.0 Å². The van der Waals surface area contributed by atoms with Crippen LogP contribution in [0.4, 0.5) is 10.8 Å². The Hall–Kier alpha value is -3.53. The molecule has 2 aromatic heterocycles. The van der Waals surface area contributed by atoms with Gasteiger partial charge >= 0.3 is 11.8 Å². The highest BCUT2D eigenvalue weighted by molar-refractivity contribution is 7.17. The Bertz CT molecular complexity index is 1170. The van der Waals surface area contributed by atoms with E-state index in [0.717, 1.165) is 47.8 Å². The number of thiophene rings is 1. The van der Waals surface area contributed by atoms with Crippen LogP contribution >= 0.6 is 11.3 Å². The molecule has 1 N–H and O–H groups in total. The Morgan fingerprint density at radius 1 is 1.25 bits per heavy atom. The first-order valence-electron chi connectivity index (χ1n) is 10.4. The van der Waals surface area contributed by atoms with Gasteiger partial charge in [0.2, 0.25) is 0 Å². The lowest BCUT2D eigenvalue weighted by Gasteiger charge is -2.12. The number of esters is 1. The molecule has 1 amide bonds. The number of ether oxygens (including phenoxy) is 1. The van der Waals surface area contributed by atoms with E-state index in [-0.39, 0.29) is 18.8 Å². The van der Waals surface area contributed by atoms with E-state index in [2.05, 4.69) is 10.4 Å². The van der Waals surface area contributed by atoms with E-state index in [9.17, 15) is 19.7 Å². The lowest BCUT2D eigenvalue weighted by molar-refractivity contribution is -0.389. The van der Waals surface area contributed by atoms with Crippen molar-refractivity contribution in [2.24, 2.45) is 0 Å². The molecule has 1 aliphatic carbocycles. The number of carbonyl (C=O) groups is 2. The molecule has 166 valence electrons. The number of amides is 1. The zero-order valence-corrected chi connectivity index (χ0v) is 18.3. The molecular weight excluding hydrogens is 432 g/mol. The molecule has 0 atom stereocenters. The van der Waals surface area contributed by atoms with Crippen LogP contribution in [0, 0.1) is 10.1 Å². The number of anilines is 1. The zero-order valence-electron chi connectivity index (χ0n) is 17.5. The maximum atomic E-state index is 13.2. The zero-order chi connectivity index (χ0) is 22.7. The van der Waals surface area contributed by atoms with Crippen LogP contribution in [0.25, 0.3) is 0 Å². The van der Waals surface area contributed by atoms with Crippen LogP contribution in [0.2, 0.25) is 0 Å². The lowest BCUT2D eigenvalue weighted by Crippen LogP contribution is -2.19. The van der Waals surface area contributed by atoms with Gasteiger partial charge in [0, 0.05) is 4.88 Å². The van der Waals surface area contributed by atoms with Crippen LogP contribution < -0.4 is 5.32 Å². The second-order valence-electron chi connectivity index (χ2n) is 7.38. The number of aromatic nitrogens is 2. The molecule has 0 spiro atoms. The van der Waals surface area contributed by atoms with Crippen molar-refractivity contribution in [3.05, 3.63) is 73.8 Å². The molecule has 0 radical (unpaired) electrons. The van der Waals surface area contributed by atoms with Crippen molar-refractivity contribution in [3.8, 4) is 0 Å². The molecule has 10 heteroatoms. The topological polar surface area (TPSA) is 116 Å². The van der Waals surface area contributed by atoms with E-state index in [4.69, 9.17) is 4.74 Å². The molecule has 0 unspecified atom stereocenters. The van der Waals surface area contributed by atoms with Crippen molar-refractivity contribution >= 4 is 34.0 Å². The molecule has 2 heterocycles. The van der Waals surface area contributed by atoms with Crippen molar-refractivity contribution in [2.45, 2.75) is 39.2 Å². The van der Waals surface area contributed by atoms with Crippen molar-refractivity contribution in [1.29, 1.82) is 0 Å². The molecule has 9 nitrogen and oxygen atoms in total. The van der Waals surface area contributed by atoms with Gasteiger partial charge < -0.3 is 20.2 Å². The summed E-state index contributed by atoms with van der Waals surface area (Å²) < 4.78 is 6.53. The fraction of sp³-hybridized carbons (Fsp3) is 0.318. The predicted molar refractivity (Wildman–Crippen MR) is 119 cm³/mol. The summed E-state index contributed by atoms with van der Waals surface area (Å²) in [5.41, 5.74) is 2.21. The first-order valence-corrected chi connectivity index (χ1v) is 11.2. The first kappa shape index (κ1) is 21.7. The van der Waals surface area contributed by atoms with Crippen LogP contribution in [0.5, 0.6) is 0 Å². The Kier molecular flexibility index (Phi) is 6.31. The van der Waals surface area contributed by atoms with E-state index < -0.39 is 22.6 Å². The summed E-state index contributed by atoms with van der Waals surface area (Å²) in [5.74, 6) is -1.45. The van der Waals surface area contributed by atoms with Crippen LogP contribution in [0.15, 0.2) is 36.4 Å². The molecule has 0 bridgehead atoms. The third-order valence-electron chi connectivity index (χ3n) is 5.24. The van der Waals surface area contributed by atoms with Crippen molar-refractivity contribution in [1.82, 2.24) is 9.78 Å². The van der Waals surface area contributed by atoms with E-state index in [0.29, 0.717) is 10.6 Å². The summed E-state index contributed by atoms with van der Waals surface area (Å²) in [5, 5.41) is 18.5. The lowest BCUT2D eigenvalue weighted by atomic mass is 9.95. The fourth-order valence-corrected chi connectivity index (χ4v) is 5.06. The van der Waals surface area contributed by atoms with E-state index in [1.54, 1.807) is 6.92 Å². The number of benzene rings is 1. The highest BCUT2D eigenvalue weighted by Gasteiger charge is 2.29. The Morgan fingerprint density at radius 3 is 2.72 bits per heavy atom. The highest BCUT2D eigenvalue weighted by atomic mass is 32.1. The van der Waals surface area contributed by atoms with Gasteiger partial charge in [0.25, 0.3) is 5.91 Å². The van der Waals surface area contributed by atoms with Crippen LogP contribution in [0.3, 0.4) is 0 Å². The number of nitrogens with zero attached hydrogens (tertiary/aromatic N) is 3. The van der Waals surface area contributed by atoms with Crippen LogP contribution in [-0.2, 0) is 24.1 Å². The van der Waals surface area contributed by atoms with E-state index in [1.807, 2.05) is 30.3 Å². The second-order valence-corrected chi connectivity index (χ2v) is 8.48. The average Bonchev–Trinajstić information content (AvgIpc) is 3.36. The third kappa shape index (κ3) is 4.40. The fourth-order valence-electron chi connectivity index (χ4n) is 3.79. The number of aryl methyl sites for hydroxylation is 1. The Morgan fingerprint density at radius 2 is 2.00 bits per heavy atom. The van der Waals surface area contributed by atoms with Crippen LogP contribution in [0.1, 0.15) is 56.6 Å². The van der Waals surface area contributed by atoms with E-state index >= 15 is 0 Å². The number of nitro groups is 1. The maximum absolute atomic E-state index is 13.2. The minimum absolute atomic E-state index is 0.0433. The number of hydrogen-bond acceptors (Lipinski definition) is 7. The summed E-state index contributed by atoms with van der Waals surface area (Å²) in [6, 6.07) is 10.4. The summed E-state index contributed by atoms with van der Waals surface area (Å²) in [6.07, 6.45) is 3.60. The molecule has 4 rings (SSSR count). The molecule has 3 aromatic rings. The van der Waals surface area contributed by atoms with Gasteiger partial charge in [-0.1, -0.05) is 30.3 Å². The van der Waals surface area contributed by atoms with Gasteiger partial charge in [0.1, 0.15) is 5.00 Å². The standard InChI is InChI=1S/C22H22N4O5S/c1-2-31-22(28)19-15-10-6-7-11-17(15)32-21(19)23-20(27)16-12-18(26(29)30)24-25(16)13-14-8-4-3-5-9-14/h3-5,8-9,12H,2,6-7,10-11,13H2,1H3,(H,23,27). The summed E-state index contributed by atoms with van der Waals surface area (Å²) in [7, 11) is 0. The second kappa shape index (κ2) is 9.31. The average molecular weight is 455 g/mol. The van der Waals surface area contributed by atoms with Gasteiger partial charge in [-0.05, 0) is 48.7 Å². The molecule has 1 aromatic carbocycles. The van der Waals surface area contributed by atoms with Gasteiger partial charge in [0.15, 0.2) is 5.69 Å². The maximum Gasteiger partial charge on any atom is 0.390 e. The van der Waals surface area contributed by atoms with Gasteiger partial charge in [-0.15, -0.1) is 11.3 Å². The molecule has 0 saturated carbocycles. The van der Waals surface area contributed by atoms with Crippen molar-refractivity contribution in [3.63, 3.8) is 0 Å². The highest BCUT2D eigenvalue weighted by Crippen LogP contribution is 2.39. The minimum atomic E-state index is -0.633. The van der Waals surface area contributed by atoms with Crippen molar-refractivity contribution in [2.75, 3.05) is 11.9 Å². The summed E-state index contributed by atoms with van der Waals surface area (Å²) in [6.45, 7) is 2.16. The SMILES string of the molecule is CCOC(=O)c1c(NC(=O)c2cc([N+](=O)[O-])nn2Cc2ccccc2)sc2c1CCCC2. The third-order valence-corrected chi connectivity index (χ3v) is 6.45. The van der Waals surface area contributed by atoms with Gasteiger partial charge in [-0.3, -0.25) is 4.79 Å². The number of rotatable bonds is 7. The summed E-state index contributed by atoms with van der Waals surface area (Å²) >= 11 is 1.37. The van der Waals surface area contributed by atoms with Crippen molar-refractivity contribution < 1.29 is 19.2 Å². The minimum Gasteiger partial charge on any atom is -0.462 e. The number of fused-ring (bicyclic) bond motifs is 1. The molecule has 1 aliphatic rings. The molecule has 32 heavy (non-hydrogen) atoms. The van der Waals surface area contributed by atoms with Gasteiger partial charge in [-0.2, -0.15) is 4.68 Å². The summed E-state index contributed by atoms with van der Waals surface area (Å²) in [4.78, 5) is 37.5. The van der Waals surface area contributed by atoms with Gasteiger partial charge in [0.05, 0.1) is 29.9 Å². The molecule has 0 fully saturated rings. The largest absolute Gasteiger partial charge is 0.462 e. The Labute approximate surface area is 188 Å². The number of hydrogen-bond donors (Lipinski definition) is 1. The normalized spacial score (nSPS) is 12.8. The Balaban J connectivity index is 1.68. The molecule has 0 saturated heterocycles. The van der Waals surface area contributed by atoms with Crippen LogP contribution in [-0.4, -0.2) is 33.2 Å². The monoisotopic (exact) mass is 454 g/mol. The molecular formula is C22H22N4O5S. The van der Waals surface area contributed by atoms with Gasteiger partial charge in [-0.25, -0.2) is 4.79 Å². The smallest absolute Gasteiger partial charge is 0.390 e.